The number of hydrogen-bond acceptors (Lipinski definition) is 4. The van der Waals surface area contributed by atoms with Gasteiger partial charge in [-0.1, -0.05) is 12.1 Å². The van der Waals surface area contributed by atoms with Crippen molar-refractivity contribution >= 4 is 23.2 Å². The molecular weight excluding hydrogens is 354 g/mol. The van der Waals surface area contributed by atoms with Gasteiger partial charge in [0.2, 0.25) is 5.91 Å². The number of amides is 1. The Kier molecular flexibility index (Phi) is 5.87. The van der Waals surface area contributed by atoms with Crippen LogP contribution in [-0.4, -0.2) is 67.3 Å². The lowest BCUT2D eigenvalue weighted by Gasteiger charge is -2.35. The number of aryl methyl sites for hydroxylation is 2. The predicted molar refractivity (Wildman–Crippen MR) is 113 cm³/mol. The molecule has 1 aromatic heterocycles. The number of carbonyl (C=O) groups excluding carboxylic acids is 1. The van der Waals surface area contributed by atoms with Crippen molar-refractivity contribution in [2.45, 2.75) is 13.5 Å². The zero-order valence-electron chi connectivity index (χ0n) is 17.3. The highest BCUT2D eigenvalue weighted by atomic mass is 16.2. The third-order valence-electron chi connectivity index (χ3n) is 4.89. The van der Waals surface area contributed by atoms with Gasteiger partial charge in [-0.05, 0) is 24.1 Å². The van der Waals surface area contributed by atoms with Crippen LogP contribution in [0.4, 0.5) is 11.4 Å². The molecule has 1 fully saturated rings. The van der Waals surface area contributed by atoms with Crippen LogP contribution in [0.25, 0.3) is 0 Å². The highest BCUT2D eigenvalue weighted by Gasteiger charge is 2.27. The van der Waals surface area contributed by atoms with Crippen molar-refractivity contribution in [3.05, 3.63) is 41.7 Å². The fourth-order valence-corrected chi connectivity index (χ4v) is 3.42. The van der Waals surface area contributed by atoms with Gasteiger partial charge in [0.25, 0.3) is 0 Å². The monoisotopic (exact) mass is 383 g/mol. The van der Waals surface area contributed by atoms with Crippen molar-refractivity contribution in [2.75, 3.05) is 50.6 Å². The molecule has 1 aliphatic heterocycles. The summed E-state index contributed by atoms with van der Waals surface area (Å²) in [6, 6.07) is 6.43. The van der Waals surface area contributed by atoms with Crippen LogP contribution < -0.4 is 15.1 Å². The summed E-state index contributed by atoms with van der Waals surface area (Å²) >= 11 is 0. The third kappa shape index (κ3) is 4.27. The quantitative estimate of drug-likeness (QED) is 0.635. The highest BCUT2D eigenvalue weighted by molar-refractivity contribution is 5.98. The molecule has 8 heteroatoms. The van der Waals surface area contributed by atoms with E-state index in [0.717, 1.165) is 18.2 Å². The van der Waals surface area contributed by atoms with Gasteiger partial charge in [0.05, 0.1) is 11.9 Å². The zero-order valence-corrected chi connectivity index (χ0v) is 17.3. The van der Waals surface area contributed by atoms with Gasteiger partial charge in [-0.25, -0.2) is 0 Å². The maximum absolute atomic E-state index is 12.6. The second-order valence-electron chi connectivity index (χ2n) is 7.27. The summed E-state index contributed by atoms with van der Waals surface area (Å²) in [5.41, 5.74) is 4.44. The number of benzene rings is 1. The van der Waals surface area contributed by atoms with E-state index in [2.05, 4.69) is 45.4 Å². The molecule has 1 saturated heterocycles. The molecule has 0 aliphatic carbocycles. The summed E-state index contributed by atoms with van der Waals surface area (Å²) < 4.78 is 1.71. The van der Waals surface area contributed by atoms with Crippen LogP contribution in [0, 0.1) is 6.92 Å². The Bertz CT molecular complexity index is 871. The average molecular weight is 384 g/mol. The van der Waals surface area contributed by atoms with Gasteiger partial charge < -0.3 is 20.0 Å². The number of rotatable bonds is 4. The van der Waals surface area contributed by atoms with E-state index in [4.69, 9.17) is 0 Å². The molecule has 0 atom stereocenters. The first-order chi connectivity index (χ1) is 13.4. The van der Waals surface area contributed by atoms with Crippen LogP contribution in [0.15, 0.2) is 35.6 Å². The topological polar surface area (TPSA) is 69.0 Å². The Morgan fingerprint density at radius 2 is 2.11 bits per heavy atom. The van der Waals surface area contributed by atoms with E-state index in [1.807, 2.05) is 32.2 Å². The highest BCUT2D eigenvalue weighted by Crippen LogP contribution is 2.20. The predicted octanol–water partition coefficient (Wildman–Crippen LogP) is 1.22. The molecule has 1 N–H and O–H groups in total. The average Bonchev–Trinajstić information content (AvgIpc) is 3.09. The van der Waals surface area contributed by atoms with Crippen molar-refractivity contribution in [3.63, 3.8) is 0 Å². The van der Waals surface area contributed by atoms with Crippen molar-refractivity contribution in [3.8, 4) is 0 Å². The minimum Gasteiger partial charge on any atom is -0.377 e. The molecule has 1 amide bonds. The molecule has 2 heterocycles. The first kappa shape index (κ1) is 19.7. The molecule has 0 radical (unpaired) electrons. The van der Waals surface area contributed by atoms with Crippen LogP contribution in [0.1, 0.15) is 11.1 Å². The number of nitrogens with one attached hydrogen (secondary N) is 1. The molecule has 0 saturated carbocycles. The van der Waals surface area contributed by atoms with Gasteiger partial charge in [0.15, 0.2) is 5.96 Å². The molecule has 8 nitrogen and oxygen atoms in total. The summed E-state index contributed by atoms with van der Waals surface area (Å²) in [5, 5.41) is 7.57. The first-order valence-electron chi connectivity index (χ1n) is 9.40. The van der Waals surface area contributed by atoms with E-state index in [0.29, 0.717) is 19.6 Å². The zero-order chi connectivity index (χ0) is 20.3. The Morgan fingerprint density at radius 1 is 1.32 bits per heavy atom. The Morgan fingerprint density at radius 3 is 2.71 bits per heavy atom. The van der Waals surface area contributed by atoms with Crippen molar-refractivity contribution in [1.82, 2.24) is 20.0 Å². The van der Waals surface area contributed by atoms with Gasteiger partial charge in [-0.2, -0.15) is 5.10 Å². The standard InChI is InChI=1S/C20H29N7O/c1-15-6-7-16(18(10-15)24(3)4)11-22-20(21-2)26-8-9-27(19(28)14-26)17-12-23-25(5)13-17/h6-7,10,12-13H,8-9,11,14H2,1-5H3,(H,21,22). The van der Waals surface area contributed by atoms with Crippen LogP contribution in [0.3, 0.4) is 0 Å². The van der Waals surface area contributed by atoms with Gasteiger partial charge in [0, 0.05) is 59.7 Å². The van der Waals surface area contributed by atoms with E-state index in [1.165, 1.54) is 16.8 Å². The van der Waals surface area contributed by atoms with Crippen LogP contribution in [0.2, 0.25) is 0 Å². The van der Waals surface area contributed by atoms with E-state index >= 15 is 0 Å². The lowest BCUT2D eigenvalue weighted by atomic mass is 10.1. The number of carbonyl (C=O) groups is 1. The minimum atomic E-state index is 0.0477. The van der Waals surface area contributed by atoms with Gasteiger partial charge in [-0.15, -0.1) is 0 Å². The molecule has 1 aromatic carbocycles. The summed E-state index contributed by atoms with van der Waals surface area (Å²) in [4.78, 5) is 22.9. The molecule has 0 spiro atoms. The molecular formula is C20H29N7O. The largest absolute Gasteiger partial charge is 0.377 e. The number of piperazine rings is 1. The van der Waals surface area contributed by atoms with Crippen molar-refractivity contribution in [1.29, 1.82) is 0 Å². The van der Waals surface area contributed by atoms with Gasteiger partial charge in [0.1, 0.15) is 6.54 Å². The summed E-state index contributed by atoms with van der Waals surface area (Å²) in [6.45, 7) is 4.37. The SMILES string of the molecule is CN=C(NCc1ccc(C)cc1N(C)C)N1CCN(c2cnn(C)c2)C(=O)C1. The number of anilines is 2. The Balaban J connectivity index is 1.65. The van der Waals surface area contributed by atoms with Crippen LogP contribution >= 0.6 is 0 Å². The lowest BCUT2D eigenvalue weighted by molar-refractivity contribution is -0.120. The molecule has 0 unspecified atom stereocenters. The fraction of sp³-hybridized carbons (Fsp3) is 0.450. The molecule has 2 aromatic rings. The third-order valence-corrected chi connectivity index (χ3v) is 4.89. The first-order valence-corrected chi connectivity index (χ1v) is 9.40. The summed E-state index contributed by atoms with van der Waals surface area (Å²) in [5.74, 6) is 0.788. The molecule has 150 valence electrons. The summed E-state index contributed by atoms with van der Waals surface area (Å²) in [6.07, 6.45) is 3.58. The van der Waals surface area contributed by atoms with Crippen LogP contribution in [-0.2, 0) is 18.4 Å². The molecule has 3 rings (SSSR count). The molecule has 0 bridgehead atoms. The van der Waals surface area contributed by atoms with Crippen LogP contribution in [0.5, 0.6) is 0 Å². The van der Waals surface area contributed by atoms with Crippen molar-refractivity contribution < 1.29 is 4.79 Å². The summed E-state index contributed by atoms with van der Waals surface area (Å²) in [7, 11) is 7.69. The molecule has 1 aliphatic rings. The van der Waals surface area contributed by atoms with E-state index in [-0.39, 0.29) is 5.91 Å². The minimum absolute atomic E-state index is 0.0477. The maximum Gasteiger partial charge on any atom is 0.246 e. The van der Waals surface area contributed by atoms with Gasteiger partial charge >= 0.3 is 0 Å². The van der Waals surface area contributed by atoms with Gasteiger partial charge in [-0.3, -0.25) is 14.5 Å². The Hall–Kier alpha value is -3.03. The normalized spacial score (nSPS) is 15.2. The number of hydrogen-bond donors (Lipinski definition) is 1. The fourth-order valence-electron chi connectivity index (χ4n) is 3.42. The lowest BCUT2D eigenvalue weighted by Crippen LogP contribution is -2.55. The van der Waals surface area contributed by atoms with E-state index in [1.54, 1.807) is 22.8 Å². The Labute approximate surface area is 166 Å². The number of nitrogens with zero attached hydrogens (tertiary/aromatic N) is 6. The number of guanidine groups is 1. The maximum atomic E-state index is 12.6. The molecule has 28 heavy (non-hydrogen) atoms. The second kappa shape index (κ2) is 8.33. The smallest absolute Gasteiger partial charge is 0.246 e. The number of aromatic nitrogens is 2. The van der Waals surface area contributed by atoms with E-state index in [9.17, 15) is 4.79 Å². The second-order valence-corrected chi connectivity index (χ2v) is 7.27. The number of aliphatic imine (C=N–C) groups is 1. The van der Waals surface area contributed by atoms with E-state index < -0.39 is 0 Å². The van der Waals surface area contributed by atoms with Crippen molar-refractivity contribution in [2.24, 2.45) is 12.0 Å².